The van der Waals surface area contributed by atoms with Crippen LogP contribution in [0.5, 0.6) is 0 Å². The van der Waals surface area contributed by atoms with Crippen LogP contribution < -0.4 is 0 Å². The molecule has 1 N–H and O–H groups in total. The van der Waals surface area contributed by atoms with Crippen molar-refractivity contribution in [2.45, 2.75) is 45.2 Å². The van der Waals surface area contributed by atoms with E-state index in [2.05, 4.69) is 54.0 Å². The highest BCUT2D eigenvalue weighted by Gasteiger charge is 2.29. The minimum atomic E-state index is -0.693. The van der Waals surface area contributed by atoms with Gasteiger partial charge < -0.3 is 5.11 Å². The molecule has 2 atom stereocenters. The van der Waals surface area contributed by atoms with Crippen LogP contribution in [-0.4, -0.2) is 53.1 Å². The average Bonchev–Trinajstić information content (AvgIpc) is 3.01. The van der Waals surface area contributed by atoms with Crippen LogP contribution in [0, 0.1) is 0 Å². The Morgan fingerprint density at radius 1 is 1.41 bits per heavy atom. The Labute approximate surface area is 133 Å². The Kier molecular flexibility index (Phi) is 6.40. The molecule has 1 saturated heterocycles. The molecule has 4 heteroatoms. The number of nitrogens with zero attached hydrogens (tertiary/aromatic N) is 2. The first kappa shape index (κ1) is 17.0. The van der Waals surface area contributed by atoms with E-state index in [0.29, 0.717) is 12.1 Å². The molecule has 1 aliphatic heterocycles. The second kappa shape index (κ2) is 8.30. The highest BCUT2D eigenvalue weighted by Crippen LogP contribution is 2.26. The first-order valence-electron chi connectivity index (χ1n) is 8.36. The topological polar surface area (TPSA) is 43.8 Å². The second-order valence-electron chi connectivity index (χ2n) is 6.15. The number of aliphatic carboxylic acids is 1. The zero-order chi connectivity index (χ0) is 15.9. The van der Waals surface area contributed by atoms with Gasteiger partial charge in [-0.2, -0.15) is 0 Å². The van der Waals surface area contributed by atoms with E-state index in [1.165, 1.54) is 12.0 Å². The first-order valence-corrected chi connectivity index (χ1v) is 8.36. The molecule has 0 spiro atoms. The Bertz CT molecular complexity index is 463. The van der Waals surface area contributed by atoms with Crippen molar-refractivity contribution >= 4 is 5.97 Å². The van der Waals surface area contributed by atoms with E-state index in [0.717, 1.165) is 32.6 Å². The van der Waals surface area contributed by atoms with Crippen LogP contribution in [0.4, 0.5) is 0 Å². The highest BCUT2D eigenvalue weighted by molar-refractivity contribution is 5.66. The standard InChI is InChI=1S/C18H28N2O2/c1-3-19(12-7-10-18(21)22)17-11-13-20(14-17)15(2)16-8-5-4-6-9-16/h4-6,8-9,15,17H,3,7,10-14H2,1-2H3,(H,21,22)/t15-,17-/m0/s1. The fourth-order valence-electron chi connectivity index (χ4n) is 3.39. The molecule has 0 aliphatic carbocycles. The minimum Gasteiger partial charge on any atom is -0.481 e. The largest absolute Gasteiger partial charge is 0.481 e. The van der Waals surface area contributed by atoms with Crippen LogP contribution in [0.25, 0.3) is 0 Å². The number of likely N-dealkylation sites (tertiary alicyclic amines) is 1. The van der Waals surface area contributed by atoms with Gasteiger partial charge in [-0.15, -0.1) is 0 Å². The number of likely N-dealkylation sites (N-methyl/N-ethyl adjacent to an activating group) is 1. The van der Waals surface area contributed by atoms with E-state index >= 15 is 0 Å². The fraction of sp³-hybridized carbons (Fsp3) is 0.611. The van der Waals surface area contributed by atoms with Gasteiger partial charge >= 0.3 is 5.97 Å². The summed E-state index contributed by atoms with van der Waals surface area (Å²) in [5, 5.41) is 8.78. The van der Waals surface area contributed by atoms with E-state index in [1.54, 1.807) is 0 Å². The maximum absolute atomic E-state index is 10.7. The quantitative estimate of drug-likeness (QED) is 0.802. The van der Waals surface area contributed by atoms with Gasteiger partial charge in [0.05, 0.1) is 0 Å². The predicted octanol–water partition coefficient (Wildman–Crippen LogP) is 3.01. The van der Waals surface area contributed by atoms with Crippen LogP contribution >= 0.6 is 0 Å². The molecule has 1 aromatic carbocycles. The number of carboxylic acid groups (broad SMARTS) is 1. The molecule has 122 valence electrons. The van der Waals surface area contributed by atoms with Crippen molar-refractivity contribution in [2.75, 3.05) is 26.2 Å². The SMILES string of the molecule is CCN(CCCC(=O)O)[C@H]1CCN([C@@H](C)c2ccccc2)C1. The number of benzene rings is 1. The second-order valence-corrected chi connectivity index (χ2v) is 6.15. The lowest BCUT2D eigenvalue weighted by Gasteiger charge is -2.29. The van der Waals surface area contributed by atoms with Crippen LogP contribution in [0.2, 0.25) is 0 Å². The molecular weight excluding hydrogens is 276 g/mol. The van der Waals surface area contributed by atoms with Crippen molar-refractivity contribution in [3.63, 3.8) is 0 Å². The van der Waals surface area contributed by atoms with Crippen molar-refractivity contribution in [3.8, 4) is 0 Å². The first-order chi connectivity index (χ1) is 10.6. The summed E-state index contributed by atoms with van der Waals surface area (Å²) in [6.45, 7) is 8.54. The lowest BCUT2D eigenvalue weighted by molar-refractivity contribution is -0.137. The normalized spacial score (nSPS) is 20.4. The third-order valence-corrected chi connectivity index (χ3v) is 4.78. The summed E-state index contributed by atoms with van der Waals surface area (Å²) in [4.78, 5) is 15.6. The Balaban J connectivity index is 1.86. The van der Waals surface area contributed by atoms with Crippen molar-refractivity contribution in [1.29, 1.82) is 0 Å². The molecule has 0 amide bonds. The molecule has 0 saturated carbocycles. The van der Waals surface area contributed by atoms with E-state index in [4.69, 9.17) is 5.11 Å². The number of hydrogen-bond acceptors (Lipinski definition) is 3. The van der Waals surface area contributed by atoms with Gasteiger partial charge in [-0.05, 0) is 38.4 Å². The van der Waals surface area contributed by atoms with Gasteiger partial charge in [-0.25, -0.2) is 0 Å². The van der Waals surface area contributed by atoms with Gasteiger partial charge in [0.25, 0.3) is 0 Å². The summed E-state index contributed by atoms with van der Waals surface area (Å²) in [6.07, 6.45) is 2.19. The van der Waals surface area contributed by atoms with Gasteiger partial charge in [0, 0.05) is 31.6 Å². The Morgan fingerprint density at radius 3 is 2.77 bits per heavy atom. The lowest BCUT2D eigenvalue weighted by Crippen LogP contribution is -2.38. The van der Waals surface area contributed by atoms with E-state index < -0.39 is 5.97 Å². The summed E-state index contributed by atoms with van der Waals surface area (Å²) in [5.74, 6) is -0.693. The maximum atomic E-state index is 10.7. The zero-order valence-corrected chi connectivity index (χ0v) is 13.7. The minimum absolute atomic E-state index is 0.271. The molecule has 22 heavy (non-hydrogen) atoms. The van der Waals surface area contributed by atoms with Gasteiger partial charge in [-0.1, -0.05) is 37.3 Å². The van der Waals surface area contributed by atoms with Gasteiger partial charge in [0.2, 0.25) is 0 Å². The maximum Gasteiger partial charge on any atom is 0.303 e. The van der Waals surface area contributed by atoms with E-state index in [9.17, 15) is 4.79 Å². The average molecular weight is 304 g/mol. The molecule has 0 bridgehead atoms. The molecule has 0 aromatic heterocycles. The summed E-state index contributed by atoms with van der Waals surface area (Å²) in [6, 6.07) is 11.7. The molecule has 0 radical (unpaired) electrons. The lowest BCUT2D eigenvalue weighted by atomic mass is 10.1. The fourth-order valence-corrected chi connectivity index (χ4v) is 3.39. The van der Waals surface area contributed by atoms with Crippen LogP contribution in [-0.2, 0) is 4.79 Å². The van der Waals surface area contributed by atoms with Gasteiger partial charge in [-0.3, -0.25) is 14.6 Å². The van der Waals surface area contributed by atoms with Crippen LogP contribution in [0.1, 0.15) is 44.7 Å². The third-order valence-electron chi connectivity index (χ3n) is 4.78. The zero-order valence-electron chi connectivity index (χ0n) is 13.7. The number of rotatable bonds is 8. The molecule has 1 heterocycles. The van der Waals surface area contributed by atoms with Crippen molar-refractivity contribution in [1.82, 2.24) is 9.80 Å². The highest BCUT2D eigenvalue weighted by atomic mass is 16.4. The third kappa shape index (κ3) is 4.55. The summed E-state index contributed by atoms with van der Waals surface area (Å²) >= 11 is 0. The van der Waals surface area contributed by atoms with Crippen LogP contribution in [0.15, 0.2) is 30.3 Å². The van der Waals surface area contributed by atoms with E-state index in [1.807, 2.05) is 0 Å². The summed E-state index contributed by atoms with van der Waals surface area (Å²) < 4.78 is 0. The molecule has 2 rings (SSSR count). The Morgan fingerprint density at radius 2 is 2.14 bits per heavy atom. The number of hydrogen-bond donors (Lipinski definition) is 1. The molecule has 1 aromatic rings. The molecule has 1 aliphatic rings. The summed E-state index contributed by atoms with van der Waals surface area (Å²) in [5.41, 5.74) is 1.37. The monoisotopic (exact) mass is 304 g/mol. The number of carboxylic acids is 1. The summed E-state index contributed by atoms with van der Waals surface area (Å²) in [7, 11) is 0. The van der Waals surface area contributed by atoms with Gasteiger partial charge in [0.1, 0.15) is 0 Å². The molecule has 4 nitrogen and oxygen atoms in total. The van der Waals surface area contributed by atoms with Gasteiger partial charge in [0.15, 0.2) is 0 Å². The van der Waals surface area contributed by atoms with E-state index in [-0.39, 0.29) is 6.42 Å². The number of carbonyl (C=O) groups is 1. The van der Waals surface area contributed by atoms with Crippen molar-refractivity contribution in [3.05, 3.63) is 35.9 Å². The predicted molar refractivity (Wildman–Crippen MR) is 89.0 cm³/mol. The van der Waals surface area contributed by atoms with Crippen molar-refractivity contribution in [2.24, 2.45) is 0 Å². The smallest absolute Gasteiger partial charge is 0.303 e. The molecule has 0 unspecified atom stereocenters. The molecule has 1 fully saturated rings. The van der Waals surface area contributed by atoms with Crippen molar-refractivity contribution < 1.29 is 9.90 Å². The Hall–Kier alpha value is -1.39. The molecular formula is C18H28N2O2. The van der Waals surface area contributed by atoms with Crippen LogP contribution in [0.3, 0.4) is 0 Å².